The summed E-state index contributed by atoms with van der Waals surface area (Å²) in [5.74, 6) is 0.0964. The van der Waals surface area contributed by atoms with E-state index in [4.69, 9.17) is 4.74 Å². The van der Waals surface area contributed by atoms with Crippen molar-refractivity contribution in [3.8, 4) is 0 Å². The molecule has 24 heavy (non-hydrogen) atoms. The minimum atomic E-state index is -0.212. The molecule has 0 saturated carbocycles. The Bertz CT molecular complexity index is 602. The van der Waals surface area contributed by atoms with Crippen molar-refractivity contribution >= 4 is 5.91 Å². The third-order valence-electron chi connectivity index (χ3n) is 4.70. The highest BCUT2D eigenvalue weighted by atomic mass is 16.5. The molecule has 1 aliphatic heterocycles. The first-order valence-corrected chi connectivity index (χ1v) is 8.76. The van der Waals surface area contributed by atoms with Gasteiger partial charge in [-0.25, -0.2) is 0 Å². The zero-order valence-corrected chi connectivity index (χ0v) is 14.2. The van der Waals surface area contributed by atoms with Crippen LogP contribution in [0.1, 0.15) is 43.4 Å². The molecule has 126 valence electrons. The molecule has 3 rings (SSSR count). The number of hydrogen-bond donors (Lipinski definition) is 0. The maximum absolute atomic E-state index is 12.6. The second kappa shape index (κ2) is 8.11. The molecular formula is C21H25NO2. The molecule has 0 aliphatic carbocycles. The Morgan fingerprint density at radius 2 is 1.62 bits per heavy atom. The molecular weight excluding hydrogens is 298 g/mol. The summed E-state index contributed by atoms with van der Waals surface area (Å²) >= 11 is 0. The van der Waals surface area contributed by atoms with Gasteiger partial charge in [0.25, 0.3) is 0 Å². The number of piperidine rings is 1. The predicted octanol–water partition coefficient (Wildman–Crippen LogP) is 4.19. The van der Waals surface area contributed by atoms with E-state index in [0.717, 1.165) is 30.5 Å². The Labute approximate surface area is 144 Å². The van der Waals surface area contributed by atoms with Crippen LogP contribution < -0.4 is 0 Å². The molecule has 1 aliphatic rings. The number of carbonyl (C=O) groups excluding carboxylic acids is 1. The molecule has 3 heteroatoms. The van der Waals surface area contributed by atoms with Gasteiger partial charge in [0.05, 0.1) is 0 Å². The van der Waals surface area contributed by atoms with Crippen LogP contribution in [0.3, 0.4) is 0 Å². The molecule has 0 radical (unpaired) electrons. The molecule has 1 unspecified atom stereocenters. The second-order valence-corrected chi connectivity index (χ2v) is 6.44. The lowest BCUT2D eigenvalue weighted by atomic mass is 10.0. The van der Waals surface area contributed by atoms with Gasteiger partial charge in [0.1, 0.15) is 12.7 Å². The molecule has 2 aromatic rings. The number of likely N-dealkylation sites (tertiary alicyclic amines) is 1. The molecule has 2 aromatic carbocycles. The Kier molecular flexibility index (Phi) is 5.65. The van der Waals surface area contributed by atoms with E-state index in [1.807, 2.05) is 65.6 Å². The van der Waals surface area contributed by atoms with Gasteiger partial charge in [-0.3, -0.25) is 4.79 Å². The largest absolute Gasteiger partial charge is 0.359 e. The lowest BCUT2D eigenvalue weighted by Crippen LogP contribution is -2.44. The summed E-state index contributed by atoms with van der Waals surface area (Å²) in [5.41, 5.74) is 2.14. The highest BCUT2D eigenvalue weighted by molar-refractivity contribution is 5.78. The van der Waals surface area contributed by atoms with Crippen LogP contribution in [0.4, 0.5) is 0 Å². The number of nitrogens with zero attached hydrogens (tertiary/aromatic N) is 1. The van der Waals surface area contributed by atoms with Gasteiger partial charge in [0.15, 0.2) is 0 Å². The molecule has 1 atom stereocenters. The van der Waals surface area contributed by atoms with Gasteiger partial charge in [-0.05, 0) is 37.3 Å². The van der Waals surface area contributed by atoms with Gasteiger partial charge in [-0.15, -0.1) is 0 Å². The molecule has 0 aromatic heterocycles. The van der Waals surface area contributed by atoms with Gasteiger partial charge in [0, 0.05) is 12.6 Å². The van der Waals surface area contributed by atoms with E-state index in [-0.39, 0.29) is 18.6 Å². The fourth-order valence-corrected chi connectivity index (χ4v) is 3.35. The lowest BCUT2D eigenvalue weighted by Gasteiger charge is -2.33. The number of ether oxygens (including phenoxy) is 1. The van der Waals surface area contributed by atoms with E-state index in [1.54, 1.807) is 0 Å². The Morgan fingerprint density at radius 3 is 2.17 bits per heavy atom. The van der Waals surface area contributed by atoms with Crippen molar-refractivity contribution in [1.82, 2.24) is 4.90 Å². The minimum absolute atomic E-state index is 0.0964. The monoisotopic (exact) mass is 323 g/mol. The summed E-state index contributed by atoms with van der Waals surface area (Å²) in [5, 5.41) is 0. The van der Waals surface area contributed by atoms with Crippen molar-refractivity contribution in [3.63, 3.8) is 0 Å². The highest BCUT2D eigenvalue weighted by Gasteiger charge is 2.24. The van der Waals surface area contributed by atoms with Crippen LogP contribution in [-0.2, 0) is 9.53 Å². The summed E-state index contributed by atoms with van der Waals surface area (Å²) in [6.07, 6.45) is 3.18. The van der Waals surface area contributed by atoms with Crippen molar-refractivity contribution in [2.45, 2.75) is 38.3 Å². The third kappa shape index (κ3) is 4.04. The van der Waals surface area contributed by atoms with Crippen LogP contribution in [0.15, 0.2) is 60.7 Å². The molecule has 3 nitrogen and oxygen atoms in total. The molecule has 0 N–H and O–H groups in total. The van der Waals surface area contributed by atoms with E-state index in [2.05, 4.69) is 6.92 Å². The second-order valence-electron chi connectivity index (χ2n) is 6.44. The zero-order valence-electron chi connectivity index (χ0n) is 14.2. The van der Waals surface area contributed by atoms with E-state index in [1.165, 1.54) is 6.42 Å². The van der Waals surface area contributed by atoms with Crippen molar-refractivity contribution in [2.75, 3.05) is 13.2 Å². The lowest BCUT2D eigenvalue weighted by molar-refractivity contribution is -0.140. The minimum Gasteiger partial charge on any atom is -0.359 e. The molecule has 1 heterocycles. The normalized spacial score (nSPS) is 17.9. The maximum atomic E-state index is 12.6. The van der Waals surface area contributed by atoms with Crippen LogP contribution in [-0.4, -0.2) is 30.0 Å². The summed E-state index contributed by atoms with van der Waals surface area (Å²) in [7, 11) is 0. The Morgan fingerprint density at radius 1 is 1.04 bits per heavy atom. The Balaban J connectivity index is 1.72. The van der Waals surface area contributed by atoms with Crippen molar-refractivity contribution in [2.24, 2.45) is 0 Å². The van der Waals surface area contributed by atoms with Gasteiger partial charge in [-0.1, -0.05) is 60.7 Å². The van der Waals surface area contributed by atoms with Gasteiger partial charge >= 0.3 is 0 Å². The van der Waals surface area contributed by atoms with Crippen LogP contribution >= 0.6 is 0 Å². The summed E-state index contributed by atoms with van der Waals surface area (Å²) < 4.78 is 6.09. The highest BCUT2D eigenvalue weighted by Crippen LogP contribution is 2.26. The maximum Gasteiger partial charge on any atom is 0.248 e. The Hall–Kier alpha value is -2.13. The van der Waals surface area contributed by atoms with Gasteiger partial charge in [-0.2, -0.15) is 0 Å². The topological polar surface area (TPSA) is 29.5 Å². The fourth-order valence-electron chi connectivity index (χ4n) is 3.35. The first-order chi connectivity index (χ1) is 11.8. The SMILES string of the molecule is CC1CCCCN1C(=O)COC(c1ccccc1)c1ccccc1. The summed E-state index contributed by atoms with van der Waals surface area (Å²) in [6.45, 7) is 3.10. The molecule has 1 fully saturated rings. The van der Waals surface area contributed by atoms with E-state index >= 15 is 0 Å². The third-order valence-corrected chi connectivity index (χ3v) is 4.70. The van der Waals surface area contributed by atoms with E-state index in [0.29, 0.717) is 6.04 Å². The fraction of sp³-hybridized carbons (Fsp3) is 0.381. The average molecular weight is 323 g/mol. The van der Waals surface area contributed by atoms with Crippen LogP contribution in [0.5, 0.6) is 0 Å². The van der Waals surface area contributed by atoms with Crippen molar-refractivity contribution < 1.29 is 9.53 Å². The quantitative estimate of drug-likeness (QED) is 0.825. The summed E-state index contributed by atoms with van der Waals surface area (Å²) in [4.78, 5) is 14.5. The zero-order chi connectivity index (χ0) is 16.8. The van der Waals surface area contributed by atoms with Gasteiger partial charge < -0.3 is 9.64 Å². The number of carbonyl (C=O) groups is 1. The smallest absolute Gasteiger partial charge is 0.248 e. The first-order valence-electron chi connectivity index (χ1n) is 8.76. The summed E-state index contributed by atoms with van der Waals surface area (Å²) in [6, 6.07) is 20.5. The number of rotatable bonds is 5. The van der Waals surface area contributed by atoms with Crippen molar-refractivity contribution in [3.05, 3.63) is 71.8 Å². The number of amides is 1. The average Bonchev–Trinajstić information content (AvgIpc) is 2.64. The van der Waals surface area contributed by atoms with E-state index in [9.17, 15) is 4.79 Å². The van der Waals surface area contributed by atoms with E-state index < -0.39 is 0 Å². The molecule has 1 amide bonds. The van der Waals surface area contributed by atoms with Crippen LogP contribution in [0.25, 0.3) is 0 Å². The van der Waals surface area contributed by atoms with Crippen LogP contribution in [0.2, 0.25) is 0 Å². The van der Waals surface area contributed by atoms with Crippen LogP contribution in [0, 0.1) is 0 Å². The van der Waals surface area contributed by atoms with Crippen molar-refractivity contribution in [1.29, 1.82) is 0 Å². The van der Waals surface area contributed by atoms with Gasteiger partial charge in [0.2, 0.25) is 5.91 Å². The first kappa shape index (κ1) is 16.7. The molecule has 0 spiro atoms. The molecule has 1 saturated heterocycles. The standard InChI is InChI=1S/C21H25NO2/c1-17-10-8-9-15-22(17)20(23)16-24-21(18-11-4-2-5-12-18)19-13-6-3-7-14-19/h2-7,11-14,17,21H,8-10,15-16H2,1H3. The molecule has 0 bridgehead atoms. The predicted molar refractivity (Wildman–Crippen MR) is 95.7 cm³/mol. The number of benzene rings is 2. The number of hydrogen-bond acceptors (Lipinski definition) is 2.